The molecule has 140 valence electrons. The van der Waals surface area contributed by atoms with E-state index in [9.17, 15) is 4.79 Å². The Morgan fingerprint density at radius 3 is 2.85 bits per heavy atom. The number of nitrogens with zero attached hydrogens (tertiary/aromatic N) is 4. The van der Waals surface area contributed by atoms with Crippen LogP contribution in [0.4, 0.5) is 0 Å². The van der Waals surface area contributed by atoms with Gasteiger partial charge in [-0.3, -0.25) is 4.79 Å². The Kier molecular flexibility index (Phi) is 6.33. The molecule has 0 atom stereocenters. The first-order valence-electron chi connectivity index (χ1n) is 9.17. The van der Waals surface area contributed by atoms with Crippen LogP contribution >= 0.6 is 0 Å². The van der Waals surface area contributed by atoms with Gasteiger partial charge in [-0.15, -0.1) is 0 Å². The Labute approximate surface area is 158 Å². The SMILES string of the molecule is CCCN(C/C=C/c1ccccc1)C(=O)c1cc2ncc(CCO)cn2n1. The first kappa shape index (κ1) is 18.8. The maximum atomic E-state index is 12.9. The lowest BCUT2D eigenvalue weighted by molar-refractivity contribution is 0.0768. The number of benzene rings is 1. The van der Waals surface area contributed by atoms with Crippen LogP contribution in [0.2, 0.25) is 0 Å². The monoisotopic (exact) mass is 364 g/mol. The van der Waals surface area contributed by atoms with Crippen molar-refractivity contribution in [3.8, 4) is 0 Å². The highest BCUT2D eigenvalue weighted by Gasteiger charge is 2.18. The first-order chi connectivity index (χ1) is 13.2. The van der Waals surface area contributed by atoms with E-state index in [1.165, 1.54) is 0 Å². The summed E-state index contributed by atoms with van der Waals surface area (Å²) in [6.07, 6.45) is 8.90. The van der Waals surface area contributed by atoms with Crippen molar-refractivity contribution >= 4 is 17.6 Å². The number of hydrogen-bond acceptors (Lipinski definition) is 4. The summed E-state index contributed by atoms with van der Waals surface area (Å²) in [6.45, 7) is 3.29. The molecular weight excluding hydrogens is 340 g/mol. The number of aliphatic hydroxyl groups excluding tert-OH is 1. The zero-order valence-electron chi connectivity index (χ0n) is 15.5. The lowest BCUT2D eigenvalue weighted by Gasteiger charge is -2.19. The van der Waals surface area contributed by atoms with E-state index in [1.807, 2.05) is 49.4 Å². The van der Waals surface area contributed by atoms with E-state index < -0.39 is 0 Å². The number of aromatic nitrogens is 3. The molecule has 0 saturated carbocycles. The summed E-state index contributed by atoms with van der Waals surface area (Å²) in [5.74, 6) is -0.108. The molecule has 0 fully saturated rings. The van der Waals surface area contributed by atoms with Crippen LogP contribution in [0.1, 0.15) is 35.0 Å². The molecule has 3 aromatic rings. The minimum Gasteiger partial charge on any atom is -0.396 e. The number of fused-ring (bicyclic) bond motifs is 1. The van der Waals surface area contributed by atoms with E-state index in [0.29, 0.717) is 30.9 Å². The molecule has 0 radical (unpaired) electrons. The summed E-state index contributed by atoms with van der Waals surface area (Å²) in [7, 11) is 0. The van der Waals surface area contributed by atoms with Crippen LogP contribution in [0.15, 0.2) is 54.9 Å². The Morgan fingerprint density at radius 2 is 2.11 bits per heavy atom. The van der Waals surface area contributed by atoms with Crippen LogP contribution in [0, 0.1) is 0 Å². The van der Waals surface area contributed by atoms with Crippen LogP contribution in [0.5, 0.6) is 0 Å². The number of carbonyl (C=O) groups is 1. The molecule has 1 N–H and O–H groups in total. The second-order valence-electron chi connectivity index (χ2n) is 6.33. The average molecular weight is 364 g/mol. The van der Waals surface area contributed by atoms with Crippen molar-refractivity contribution in [1.82, 2.24) is 19.5 Å². The third kappa shape index (κ3) is 4.80. The molecule has 3 rings (SSSR count). The Balaban J connectivity index is 1.75. The van der Waals surface area contributed by atoms with Gasteiger partial charge in [-0.1, -0.05) is 49.4 Å². The number of rotatable bonds is 8. The molecule has 0 saturated heterocycles. The number of hydrogen-bond donors (Lipinski definition) is 1. The average Bonchev–Trinajstić information content (AvgIpc) is 3.11. The highest BCUT2D eigenvalue weighted by atomic mass is 16.3. The molecule has 6 heteroatoms. The molecule has 0 aliphatic heterocycles. The van der Waals surface area contributed by atoms with Crippen molar-refractivity contribution in [2.75, 3.05) is 19.7 Å². The zero-order chi connectivity index (χ0) is 19.1. The van der Waals surface area contributed by atoms with Gasteiger partial charge < -0.3 is 10.0 Å². The topological polar surface area (TPSA) is 70.7 Å². The largest absolute Gasteiger partial charge is 0.396 e. The van der Waals surface area contributed by atoms with E-state index in [4.69, 9.17) is 5.11 Å². The van der Waals surface area contributed by atoms with Gasteiger partial charge in [0.05, 0.1) is 0 Å². The lowest BCUT2D eigenvalue weighted by Crippen LogP contribution is -2.32. The standard InChI is InChI=1S/C21H24N4O2/c1-2-11-24(12-6-9-17-7-4-3-5-8-17)21(27)19-14-20-22-15-18(10-13-26)16-25(20)23-19/h3-9,14-16,26H,2,10-13H2,1H3/b9-6+. The molecule has 27 heavy (non-hydrogen) atoms. The second kappa shape index (κ2) is 9.09. The van der Waals surface area contributed by atoms with Crippen molar-refractivity contribution < 1.29 is 9.90 Å². The van der Waals surface area contributed by atoms with Gasteiger partial charge in [0.2, 0.25) is 0 Å². The summed E-state index contributed by atoms with van der Waals surface area (Å²) >= 11 is 0. The van der Waals surface area contributed by atoms with E-state index in [-0.39, 0.29) is 12.5 Å². The third-order valence-corrected chi connectivity index (χ3v) is 4.20. The van der Waals surface area contributed by atoms with Crippen LogP contribution in [-0.4, -0.2) is 50.2 Å². The summed E-state index contributed by atoms with van der Waals surface area (Å²) in [5.41, 5.74) is 2.99. The van der Waals surface area contributed by atoms with Crippen molar-refractivity contribution in [2.45, 2.75) is 19.8 Å². The quantitative estimate of drug-likeness (QED) is 0.667. The molecule has 0 unspecified atom stereocenters. The third-order valence-electron chi connectivity index (χ3n) is 4.20. The minimum absolute atomic E-state index is 0.0538. The molecule has 2 aromatic heterocycles. The van der Waals surface area contributed by atoms with Crippen molar-refractivity contribution in [2.24, 2.45) is 0 Å². The summed E-state index contributed by atoms with van der Waals surface area (Å²) in [6, 6.07) is 11.7. The fourth-order valence-corrected chi connectivity index (χ4v) is 2.87. The van der Waals surface area contributed by atoms with E-state index >= 15 is 0 Å². The van der Waals surface area contributed by atoms with Crippen molar-refractivity contribution in [1.29, 1.82) is 0 Å². The van der Waals surface area contributed by atoms with Crippen LogP contribution in [0.25, 0.3) is 11.7 Å². The van der Waals surface area contributed by atoms with Gasteiger partial charge in [0, 0.05) is 38.2 Å². The Morgan fingerprint density at radius 1 is 1.30 bits per heavy atom. The normalized spacial score (nSPS) is 11.3. The van der Waals surface area contributed by atoms with Crippen LogP contribution in [0.3, 0.4) is 0 Å². The van der Waals surface area contributed by atoms with Gasteiger partial charge >= 0.3 is 0 Å². The summed E-state index contributed by atoms with van der Waals surface area (Å²) in [4.78, 5) is 19.0. The molecule has 6 nitrogen and oxygen atoms in total. The maximum absolute atomic E-state index is 12.9. The summed E-state index contributed by atoms with van der Waals surface area (Å²) in [5, 5.41) is 13.4. The van der Waals surface area contributed by atoms with Gasteiger partial charge in [-0.05, 0) is 24.0 Å². The molecule has 0 spiro atoms. The van der Waals surface area contributed by atoms with Crippen molar-refractivity contribution in [3.05, 3.63) is 71.7 Å². The van der Waals surface area contributed by atoms with E-state index in [1.54, 1.807) is 27.9 Å². The predicted octanol–water partition coefficient (Wildman–Crippen LogP) is 2.83. The minimum atomic E-state index is -0.108. The van der Waals surface area contributed by atoms with Gasteiger partial charge in [-0.25, -0.2) is 9.50 Å². The summed E-state index contributed by atoms with van der Waals surface area (Å²) < 4.78 is 1.60. The smallest absolute Gasteiger partial charge is 0.274 e. The Bertz CT molecular complexity index is 918. The fourth-order valence-electron chi connectivity index (χ4n) is 2.87. The zero-order valence-corrected chi connectivity index (χ0v) is 15.5. The Hall–Kier alpha value is -2.99. The highest BCUT2D eigenvalue weighted by Crippen LogP contribution is 2.10. The molecule has 0 bridgehead atoms. The van der Waals surface area contributed by atoms with E-state index in [0.717, 1.165) is 17.5 Å². The predicted molar refractivity (Wildman–Crippen MR) is 105 cm³/mol. The first-order valence-corrected chi connectivity index (χ1v) is 9.17. The second-order valence-corrected chi connectivity index (χ2v) is 6.33. The number of carbonyl (C=O) groups excluding carboxylic acids is 1. The van der Waals surface area contributed by atoms with Gasteiger partial charge in [0.25, 0.3) is 5.91 Å². The maximum Gasteiger partial charge on any atom is 0.274 e. The lowest BCUT2D eigenvalue weighted by atomic mass is 10.2. The van der Waals surface area contributed by atoms with Crippen molar-refractivity contribution in [3.63, 3.8) is 0 Å². The van der Waals surface area contributed by atoms with Gasteiger partial charge in [-0.2, -0.15) is 5.10 Å². The molecule has 0 aliphatic rings. The number of amides is 1. The van der Waals surface area contributed by atoms with Crippen LogP contribution in [-0.2, 0) is 6.42 Å². The molecule has 1 aromatic carbocycles. The van der Waals surface area contributed by atoms with Gasteiger partial charge in [0.15, 0.2) is 11.3 Å². The number of aliphatic hydroxyl groups is 1. The molecule has 0 aliphatic carbocycles. The highest BCUT2D eigenvalue weighted by molar-refractivity contribution is 5.93. The molecular formula is C21H24N4O2. The van der Waals surface area contributed by atoms with Crippen LogP contribution < -0.4 is 0 Å². The van der Waals surface area contributed by atoms with Gasteiger partial charge in [0.1, 0.15) is 0 Å². The molecule has 1 amide bonds. The molecule has 2 heterocycles. The van der Waals surface area contributed by atoms with E-state index in [2.05, 4.69) is 10.1 Å². The fraction of sp³-hybridized carbons (Fsp3) is 0.286.